The molecule has 9 heteroatoms. The number of alkyl halides is 1. The van der Waals surface area contributed by atoms with E-state index in [2.05, 4.69) is 10.9 Å². The number of nitrogen functional groups attached to an aromatic ring is 1. The van der Waals surface area contributed by atoms with E-state index in [0.29, 0.717) is 0 Å². The molecule has 1 saturated heterocycles. The minimum atomic E-state index is -2.26. The third-order valence-electron chi connectivity index (χ3n) is 3.12. The molecule has 1 aromatic rings. The van der Waals surface area contributed by atoms with E-state index in [1.165, 1.54) is 12.3 Å². The van der Waals surface area contributed by atoms with Gasteiger partial charge in [0.2, 0.25) is 0 Å². The van der Waals surface area contributed by atoms with Crippen LogP contribution >= 0.6 is 0 Å². The van der Waals surface area contributed by atoms with Gasteiger partial charge in [0, 0.05) is 6.20 Å². The van der Waals surface area contributed by atoms with Crippen molar-refractivity contribution >= 4 is 5.82 Å². The molecule has 0 spiro atoms. The predicted molar refractivity (Wildman–Crippen MR) is 68.6 cm³/mol. The molecule has 8 nitrogen and oxygen atoms in total. The molecule has 2 rings (SSSR count). The summed E-state index contributed by atoms with van der Waals surface area (Å²) >= 11 is 0. The summed E-state index contributed by atoms with van der Waals surface area (Å²) in [5, 5.41) is 29.6. The smallest absolute Gasteiger partial charge is 0.351 e. The summed E-state index contributed by atoms with van der Waals surface area (Å²) in [5.74, 6) is 4.09. The zero-order valence-electron chi connectivity index (χ0n) is 10.8. The van der Waals surface area contributed by atoms with Crippen LogP contribution < -0.4 is 11.4 Å². The van der Waals surface area contributed by atoms with Gasteiger partial charge < -0.3 is 25.8 Å². The third kappa shape index (κ3) is 2.62. The van der Waals surface area contributed by atoms with Gasteiger partial charge in [-0.3, -0.25) is 4.57 Å². The van der Waals surface area contributed by atoms with E-state index in [9.17, 15) is 19.4 Å². The maximum atomic E-state index is 12.2. The van der Waals surface area contributed by atoms with Crippen molar-refractivity contribution in [1.29, 1.82) is 0 Å². The van der Waals surface area contributed by atoms with Crippen molar-refractivity contribution in [2.45, 2.75) is 24.0 Å². The molecule has 1 fully saturated rings. The number of nitrogens with two attached hydrogens (primary N) is 1. The number of aromatic nitrogens is 2. The van der Waals surface area contributed by atoms with E-state index in [0.717, 1.165) is 4.57 Å². The Kier molecular flexibility index (Phi) is 4.24. The summed E-state index contributed by atoms with van der Waals surface area (Å²) in [7, 11) is 0. The van der Waals surface area contributed by atoms with Gasteiger partial charge in [-0.15, -0.1) is 0 Å². The van der Waals surface area contributed by atoms with Crippen LogP contribution in [0.1, 0.15) is 6.23 Å². The summed E-state index contributed by atoms with van der Waals surface area (Å²) in [6, 6.07) is 1.28. The Hall–Kier alpha value is -1.99. The van der Waals surface area contributed by atoms with Crippen LogP contribution in [0.5, 0.6) is 0 Å². The topological polar surface area (TPSA) is 131 Å². The highest BCUT2D eigenvalue weighted by Gasteiger charge is 2.55. The Morgan fingerprint density at radius 3 is 2.90 bits per heavy atom. The fraction of sp³-hybridized carbons (Fsp3) is 0.500. The van der Waals surface area contributed by atoms with Crippen LogP contribution in [0.2, 0.25) is 0 Å². The fourth-order valence-electron chi connectivity index (χ4n) is 2.11. The number of anilines is 1. The van der Waals surface area contributed by atoms with Gasteiger partial charge in [-0.25, -0.2) is 9.18 Å². The van der Waals surface area contributed by atoms with Crippen LogP contribution in [0.25, 0.3) is 0 Å². The molecule has 0 radical (unpaired) electrons. The molecule has 21 heavy (non-hydrogen) atoms. The number of hydrogen-bond acceptors (Lipinski definition) is 7. The van der Waals surface area contributed by atoms with Gasteiger partial charge in [-0.2, -0.15) is 4.98 Å². The van der Waals surface area contributed by atoms with Crippen molar-refractivity contribution in [3.63, 3.8) is 0 Å². The first kappa shape index (κ1) is 15.4. The minimum absolute atomic E-state index is 0.0353. The number of nitrogens with zero attached hydrogens (tertiary/aromatic N) is 2. The minimum Gasteiger partial charge on any atom is -0.394 e. The molecule has 0 aromatic carbocycles. The van der Waals surface area contributed by atoms with E-state index in [-0.39, 0.29) is 5.82 Å². The zero-order valence-corrected chi connectivity index (χ0v) is 10.8. The van der Waals surface area contributed by atoms with Crippen molar-refractivity contribution in [3.8, 4) is 11.8 Å². The van der Waals surface area contributed by atoms with Gasteiger partial charge in [-0.05, 0) is 6.07 Å². The first-order chi connectivity index (χ1) is 9.93. The zero-order chi connectivity index (χ0) is 15.6. The molecule has 0 saturated carbocycles. The second-order valence-electron chi connectivity index (χ2n) is 4.46. The molecule has 1 aliphatic rings. The van der Waals surface area contributed by atoms with Gasteiger partial charge in [-0.1, -0.05) is 11.8 Å². The van der Waals surface area contributed by atoms with E-state index in [1.54, 1.807) is 0 Å². The highest BCUT2D eigenvalue weighted by atomic mass is 19.1. The normalized spacial score (nSPS) is 31.7. The van der Waals surface area contributed by atoms with Crippen LogP contribution in [0, 0.1) is 11.8 Å². The van der Waals surface area contributed by atoms with Gasteiger partial charge in [0.1, 0.15) is 24.7 Å². The average molecular weight is 299 g/mol. The summed E-state index contributed by atoms with van der Waals surface area (Å²) in [4.78, 5) is 15.3. The van der Waals surface area contributed by atoms with E-state index < -0.39 is 43.0 Å². The van der Waals surface area contributed by atoms with Gasteiger partial charge in [0.15, 0.2) is 11.8 Å². The predicted octanol–water partition coefficient (Wildman–Crippen LogP) is -2.22. The van der Waals surface area contributed by atoms with Crippen LogP contribution in [0.3, 0.4) is 0 Å². The second kappa shape index (κ2) is 5.79. The lowest BCUT2D eigenvalue weighted by Crippen LogP contribution is -2.47. The number of ether oxygens (including phenoxy) is 1. The molecule has 0 bridgehead atoms. The average Bonchev–Trinajstić information content (AvgIpc) is 2.70. The molecular formula is C12H14FN3O5. The van der Waals surface area contributed by atoms with Crippen molar-refractivity contribution in [2.75, 3.05) is 19.0 Å². The lowest BCUT2D eigenvalue weighted by Gasteiger charge is -2.26. The van der Waals surface area contributed by atoms with Crippen molar-refractivity contribution in [3.05, 3.63) is 22.7 Å². The summed E-state index contributed by atoms with van der Waals surface area (Å²) in [6.07, 6.45) is -3.07. The van der Waals surface area contributed by atoms with Crippen LogP contribution in [-0.4, -0.2) is 56.0 Å². The van der Waals surface area contributed by atoms with Gasteiger partial charge >= 0.3 is 5.69 Å². The van der Waals surface area contributed by atoms with Crippen molar-refractivity contribution in [2.24, 2.45) is 0 Å². The molecule has 0 aliphatic carbocycles. The molecular weight excluding hydrogens is 285 g/mol. The quantitative estimate of drug-likeness (QED) is 0.455. The standard InChI is InChI=1S/C12H14FN3O5/c13-4-1-3-12(20)9(18)7(6-17)21-10(12)16-5-2-8(14)15-11(16)19/h2,5,7,9-10,17-18,20H,4,6H2,(H2,14,15,19)/t7?,9-,10?,12?/m0/s1. The Morgan fingerprint density at radius 2 is 2.33 bits per heavy atom. The second-order valence-corrected chi connectivity index (χ2v) is 4.46. The first-order valence-electron chi connectivity index (χ1n) is 6.01. The molecule has 1 aromatic heterocycles. The van der Waals surface area contributed by atoms with Crippen LogP contribution in [0.15, 0.2) is 17.1 Å². The van der Waals surface area contributed by atoms with E-state index in [1.807, 2.05) is 5.92 Å². The van der Waals surface area contributed by atoms with E-state index >= 15 is 0 Å². The summed E-state index contributed by atoms with van der Waals surface area (Å²) in [5.41, 5.74) is 2.26. The SMILES string of the molecule is Nc1ccn(C2OC(CO)[C@H](O)C2(O)C#CCF)c(=O)n1. The lowest BCUT2D eigenvalue weighted by molar-refractivity contribution is -0.0764. The largest absolute Gasteiger partial charge is 0.394 e. The highest BCUT2D eigenvalue weighted by Crippen LogP contribution is 2.37. The summed E-state index contributed by atoms with van der Waals surface area (Å²) in [6.45, 7) is -1.67. The maximum Gasteiger partial charge on any atom is 0.351 e. The number of hydrogen-bond donors (Lipinski definition) is 4. The maximum absolute atomic E-state index is 12.2. The molecule has 3 unspecified atom stereocenters. The first-order valence-corrected chi connectivity index (χ1v) is 6.01. The fourth-order valence-corrected chi connectivity index (χ4v) is 2.11. The molecule has 2 heterocycles. The number of aliphatic hydroxyl groups excluding tert-OH is 2. The Balaban J connectivity index is 2.51. The monoisotopic (exact) mass is 299 g/mol. The molecule has 5 N–H and O–H groups in total. The highest BCUT2D eigenvalue weighted by molar-refractivity contribution is 5.26. The number of aliphatic hydroxyl groups is 3. The number of halogens is 1. The number of rotatable bonds is 2. The third-order valence-corrected chi connectivity index (χ3v) is 3.12. The Morgan fingerprint density at radius 1 is 1.62 bits per heavy atom. The van der Waals surface area contributed by atoms with Gasteiger partial charge in [0.05, 0.1) is 6.61 Å². The van der Waals surface area contributed by atoms with Crippen molar-refractivity contribution in [1.82, 2.24) is 9.55 Å². The molecule has 4 atom stereocenters. The Labute approximate surface area is 118 Å². The van der Waals surface area contributed by atoms with Crippen molar-refractivity contribution < 1.29 is 24.4 Å². The van der Waals surface area contributed by atoms with Gasteiger partial charge in [0.25, 0.3) is 0 Å². The van der Waals surface area contributed by atoms with Crippen LogP contribution in [0.4, 0.5) is 10.2 Å². The van der Waals surface area contributed by atoms with E-state index in [4.69, 9.17) is 15.6 Å². The molecule has 114 valence electrons. The van der Waals surface area contributed by atoms with Crippen LogP contribution in [-0.2, 0) is 4.74 Å². The Bertz CT molecular complexity index is 640. The summed E-state index contributed by atoms with van der Waals surface area (Å²) < 4.78 is 18.3. The molecule has 0 amide bonds. The molecule has 1 aliphatic heterocycles. The lowest BCUT2D eigenvalue weighted by atomic mass is 9.94.